The van der Waals surface area contributed by atoms with Crippen molar-refractivity contribution < 1.29 is 4.74 Å². The number of nitrogens with two attached hydrogens (primary N) is 1. The molecular weight excluding hydrogens is 266 g/mol. The lowest BCUT2D eigenvalue weighted by Crippen LogP contribution is -2.25. The van der Waals surface area contributed by atoms with Gasteiger partial charge in [0.15, 0.2) is 0 Å². The predicted octanol–water partition coefficient (Wildman–Crippen LogP) is 2.08. The Hall–Kier alpha value is -2.74. The van der Waals surface area contributed by atoms with Crippen LogP contribution < -0.4 is 16.0 Å². The zero-order chi connectivity index (χ0) is 15.2. The molecule has 21 heavy (non-hydrogen) atoms. The molecule has 0 radical (unpaired) electrons. The van der Waals surface area contributed by atoms with Crippen molar-refractivity contribution >= 4 is 5.69 Å². The third-order valence-corrected chi connectivity index (χ3v) is 3.17. The minimum absolute atomic E-state index is 0.164. The number of anilines is 1. The minimum Gasteiger partial charge on any atom is -0.493 e. The van der Waals surface area contributed by atoms with Crippen molar-refractivity contribution in [3.05, 3.63) is 58.0 Å². The van der Waals surface area contributed by atoms with Crippen molar-refractivity contribution in [3.8, 4) is 11.8 Å². The number of hydrogen-bond acceptors (Lipinski definition) is 4. The van der Waals surface area contributed by atoms with Gasteiger partial charge in [-0.3, -0.25) is 4.79 Å². The second kappa shape index (κ2) is 6.62. The molecular formula is C16H17N3O2. The van der Waals surface area contributed by atoms with Gasteiger partial charge in [-0.25, -0.2) is 0 Å². The number of hydrogen-bond donors (Lipinski definition) is 1. The van der Waals surface area contributed by atoms with E-state index in [9.17, 15) is 4.79 Å². The van der Waals surface area contributed by atoms with Gasteiger partial charge in [0, 0.05) is 24.0 Å². The standard InChI is InChI=1S/C16H17N3O2/c1-12-6-7-13(11-17)16(20)19(12)8-3-9-21-15-5-2-4-14(18)10-15/h2,4-7,10H,3,8-9,18H2,1H3. The average molecular weight is 283 g/mol. The van der Waals surface area contributed by atoms with Gasteiger partial charge in [-0.2, -0.15) is 5.26 Å². The highest BCUT2D eigenvalue weighted by atomic mass is 16.5. The number of nitriles is 1. The summed E-state index contributed by atoms with van der Waals surface area (Å²) >= 11 is 0. The summed E-state index contributed by atoms with van der Waals surface area (Å²) < 4.78 is 7.18. The molecule has 0 amide bonds. The molecule has 0 aliphatic carbocycles. The summed E-state index contributed by atoms with van der Waals surface area (Å²) in [6.45, 7) is 2.84. The van der Waals surface area contributed by atoms with Crippen LogP contribution in [0.5, 0.6) is 5.75 Å². The number of ether oxygens (including phenoxy) is 1. The first-order valence-electron chi connectivity index (χ1n) is 6.70. The lowest BCUT2D eigenvalue weighted by atomic mass is 10.2. The summed E-state index contributed by atoms with van der Waals surface area (Å²) in [5, 5.41) is 8.88. The van der Waals surface area contributed by atoms with Gasteiger partial charge < -0.3 is 15.0 Å². The van der Waals surface area contributed by atoms with E-state index >= 15 is 0 Å². The highest BCUT2D eigenvalue weighted by Crippen LogP contribution is 2.14. The normalized spacial score (nSPS) is 10.1. The number of rotatable bonds is 5. The first-order chi connectivity index (χ1) is 10.1. The Bertz CT molecular complexity index is 729. The topological polar surface area (TPSA) is 81.0 Å². The molecule has 0 saturated carbocycles. The average Bonchev–Trinajstić information content (AvgIpc) is 2.46. The van der Waals surface area contributed by atoms with Gasteiger partial charge in [0.1, 0.15) is 17.4 Å². The van der Waals surface area contributed by atoms with Gasteiger partial charge in [0.05, 0.1) is 6.61 Å². The van der Waals surface area contributed by atoms with Crippen LogP contribution in [0.4, 0.5) is 5.69 Å². The molecule has 1 aromatic carbocycles. The summed E-state index contributed by atoms with van der Waals surface area (Å²) in [4.78, 5) is 12.0. The SMILES string of the molecule is Cc1ccc(C#N)c(=O)n1CCCOc1cccc(N)c1. The van der Waals surface area contributed by atoms with Gasteiger partial charge in [-0.05, 0) is 37.6 Å². The van der Waals surface area contributed by atoms with Crippen molar-refractivity contribution in [1.82, 2.24) is 4.57 Å². The van der Waals surface area contributed by atoms with Gasteiger partial charge >= 0.3 is 0 Å². The summed E-state index contributed by atoms with van der Waals surface area (Å²) in [5.41, 5.74) is 7.08. The Balaban J connectivity index is 1.95. The maximum Gasteiger partial charge on any atom is 0.268 e. The molecule has 2 rings (SSSR count). The Morgan fingerprint density at radius 1 is 1.33 bits per heavy atom. The maximum absolute atomic E-state index is 12.0. The van der Waals surface area contributed by atoms with E-state index in [1.165, 1.54) is 0 Å². The van der Waals surface area contributed by atoms with Gasteiger partial charge in [0.25, 0.3) is 5.56 Å². The number of aromatic nitrogens is 1. The fourth-order valence-corrected chi connectivity index (χ4v) is 2.05. The Morgan fingerprint density at radius 2 is 2.14 bits per heavy atom. The number of benzene rings is 1. The van der Waals surface area contributed by atoms with Gasteiger partial charge in [-0.15, -0.1) is 0 Å². The Morgan fingerprint density at radius 3 is 2.86 bits per heavy atom. The molecule has 0 aliphatic heterocycles. The molecule has 2 N–H and O–H groups in total. The first-order valence-corrected chi connectivity index (χ1v) is 6.70. The van der Waals surface area contributed by atoms with Crippen LogP contribution in [-0.4, -0.2) is 11.2 Å². The van der Waals surface area contributed by atoms with Crippen LogP contribution in [0.2, 0.25) is 0 Å². The van der Waals surface area contributed by atoms with E-state index < -0.39 is 0 Å². The number of aryl methyl sites for hydroxylation is 1. The number of nitrogen functional groups attached to an aromatic ring is 1. The molecule has 0 atom stereocenters. The first kappa shape index (κ1) is 14.7. The highest BCUT2D eigenvalue weighted by molar-refractivity contribution is 5.43. The van der Waals surface area contributed by atoms with Gasteiger partial charge in [-0.1, -0.05) is 6.07 Å². The molecule has 0 unspecified atom stereocenters. The fraction of sp³-hybridized carbons (Fsp3) is 0.250. The quantitative estimate of drug-likeness (QED) is 0.673. The lowest BCUT2D eigenvalue weighted by molar-refractivity contribution is 0.300. The smallest absolute Gasteiger partial charge is 0.268 e. The van der Waals surface area contributed by atoms with Crippen LogP contribution in [-0.2, 0) is 6.54 Å². The van der Waals surface area contributed by atoms with Crippen molar-refractivity contribution in [3.63, 3.8) is 0 Å². The van der Waals surface area contributed by atoms with Crippen LogP contribution in [0.3, 0.4) is 0 Å². The fourth-order valence-electron chi connectivity index (χ4n) is 2.05. The van der Waals surface area contributed by atoms with Crippen LogP contribution in [0.15, 0.2) is 41.2 Å². The molecule has 1 aromatic heterocycles. The van der Waals surface area contributed by atoms with Crippen molar-refractivity contribution in [2.75, 3.05) is 12.3 Å². The summed E-state index contributed by atoms with van der Waals surface area (Å²) in [6.07, 6.45) is 0.671. The van der Waals surface area contributed by atoms with Gasteiger partial charge in [0.2, 0.25) is 0 Å². The van der Waals surface area contributed by atoms with E-state index in [0.29, 0.717) is 31.0 Å². The largest absolute Gasteiger partial charge is 0.493 e. The molecule has 5 nitrogen and oxygen atoms in total. The summed E-state index contributed by atoms with van der Waals surface area (Å²) in [6, 6.07) is 12.5. The second-order valence-electron chi connectivity index (χ2n) is 4.73. The lowest BCUT2D eigenvalue weighted by Gasteiger charge is -2.11. The zero-order valence-corrected chi connectivity index (χ0v) is 11.9. The van der Waals surface area contributed by atoms with E-state index in [1.807, 2.05) is 25.1 Å². The third-order valence-electron chi connectivity index (χ3n) is 3.17. The zero-order valence-electron chi connectivity index (χ0n) is 11.9. The van der Waals surface area contributed by atoms with E-state index in [1.54, 1.807) is 28.8 Å². The molecule has 0 saturated heterocycles. The van der Waals surface area contributed by atoms with Crippen molar-refractivity contribution in [2.45, 2.75) is 19.9 Å². The van der Waals surface area contributed by atoms with Crippen molar-refractivity contribution in [1.29, 1.82) is 5.26 Å². The number of pyridine rings is 1. The molecule has 5 heteroatoms. The van der Waals surface area contributed by atoms with Crippen LogP contribution >= 0.6 is 0 Å². The molecule has 0 aliphatic rings. The summed E-state index contributed by atoms with van der Waals surface area (Å²) in [5.74, 6) is 0.713. The molecule has 1 heterocycles. The minimum atomic E-state index is -0.249. The monoisotopic (exact) mass is 283 g/mol. The molecule has 2 aromatic rings. The van der Waals surface area contributed by atoms with Crippen LogP contribution in [0.25, 0.3) is 0 Å². The molecule has 108 valence electrons. The summed E-state index contributed by atoms with van der Waals surface area (Å²) in [7, 11) is 0. The Kier molecular flexibility index (Phi) is 4.62. The van der Waals surface area contributed by atoms with Crippen LogP contribution in [0.1, 0.15) is 17.7 Å². The third kappa shape index (κ3) is 3.63. The maximum atomic E-state index is 12.0. The van der Waals surface area contributed by atoms with E-state index in [-0.39, 0.29) is 11.1 Å². The molecule has 0 bridgehead atoms. The van der Waals surface area contributed by atoms with Crippen molar-refractivity contribution in [2.24, 2.45) is 0 Å². The van der Waals surface area contributed by atoms with E-state index in [0.717, 1.165) is 5.69 Å². The van der Waals surface area contributed by atoms with E-state index in [2.05, 4.69) is 0 Å². The highest BCUT2D eigenvalue weighted by Gasteiger charge is 2.05. The number of nitrogens with zero attached hydrogens (tertiary/aromatic N) is 2. The second-order valence-corrected chi connectivity index (χ2v) is 4.73. The predicted molar refractivity (Wildman–Crippen MR) is 81.1 cm³/mol. The molecule has 0 spiro atoms. The molecule has 0 fully saturated rings. The van der Waals surface area contributed by atoms with E-state index in [4.69, 9.17) is 15.7 Å². The Labute approximate surface area is 123 Å². The van der Waals surface area contributed by atoms with Crippen LogP contribution in [0, 0.1) is 18.3 Å².